The van der Waals surface area contributed by atoms with E-state index in [0.717, 1.165) is 5.56 Å². The summed E-state index contributed by atoms with van der Waals surface area (Å²) in [4.78, 5) is 15.2. The van der Waals surface area contributed by atoms with Crippen LogP contribution >= 0.6 is 0 Å². The topological polar surface area (TPSA) is 79.5 Å². The second-order valence-corrected chi connectivity index (χ2v) is 4.04. The standard InChI is InChI=1S/C12H16N4O/c13-12(16-10-6-11(17)14-8-10)15-7-9-4-2-1-3-5-9/h1-5,10H,6-8H2,(H,14,17)(H3,13,15,16). The Morgan fingerprint density at radius 3 is 2.88 bits per heavy atom. The van der Waals surface area contributed by atoms with Crippen LogP contribution in [0.3, 0.4) is 0 Å². The molecule has 0 aromatic heterocycles. The van der Waals surface area contributed by atoms with Crippen LogP contribution in [0.15, 0.2) is 35.3 Å². The molecule has 0 aliphatic carbocycles. The number of aliphatic imine (C=N–C) groups is 1. The molecule has 0 bridgehead atoms. The number of amides is 1. The Kier molecular flexibility index (Phi) is 3.59. The van der Waals surface area contributed by atoms with Gasteiger partial charge in [0.2, 0.25) is 5.91 Å². The minimum atomic E-state index is 0.0540. The summed E-state index contributed by atoms with van der Waals surface area (Å²) in [5, 5.41) is 5.76. The lowest BCUT2D eigenvalue weighted by Crippen LogP contribution is -2.41. The minimum absolute atomic E-state index is 0.0540. The van der Waals surface area contributed by atoms with Crippen LogP contribution < -0.4 is 16.4 Å². The molecule has 1 aliphatic heterocycles. The van der Waals surface area contributed by atoms with E-state index in [9.17, 15) is 4.79 Å². The highest BCUT2D eigenvalue weighted by Gasteiger charge is 2.21. The molecular formula is C12H16N4O. The van der Waals surface area contributed by atoms with E-state index in [0.29, 0.717) is 25.5 Å². The van der Waals surface area contributed by atoms with Gasteiger partial charge in [-0.1, -0.05) is 30.3 Å². The molecular weight excluding hydrogens is 216 g/mol. The molecule has 1 saturated heterocycles. The van der Waals surface area contributed by atoms with Crippen LogP contribution in [-0.2, 0) is 11.3 Å². The Morgan fingerprint density at radius 2 is 2.24 bits per heavy atom. The Morgan fingerprint density at radius 1 is 1.47 bits per heavy atom. The molecule has 1 unspecified atom stereocenters. The van der Waals surface area contributed by atoms with Crippen molar-refractivity contribution in [2.75, 3.05) is 6.54 Å². The average Bonchev–Trinajstić information content (AvgIpc) is 2.73. The molecule has 5 heteroatoms. The quantitative estimate of drug-likeness (QED) is 0.506. The lowest BCUT2D eigenvalue weighted by molar-refractivity contribution is -0.119. The van der Waals surface area contributed by atoms with Crippen LogP contribution in [-0.4, -0.2) is 24.5 Å². The number of nitrogens with one attached hydrogen (secondary N) is 2. The van der Waals surface area contributed by atoms with Gasteiger partial charge in [-0.2, -0.15) is 0 Å². The first kappa shape index (κ1) is 11.4. The van der Waals surface area contributed by atoms with Gasteiger partial charge in [0.15, 0.2) is 5.96 Å². The number of nitrogens with two attached hydrogens (primary N) is 1. The molecule has 4 N–H and O–H groups in total. The van der Waals surface area contributed by atoms with Crippen molar-refractivity contribution in [3.8, 4) is 0 Å². The Balaban J connectivity index is 1.83. The van der Waals surface area contributed by atoms with Gasteiger partial charge in [0, 0.05) is 13.0 Å². The van der Waals surface area contributed by atoms with Crippen molar-refractivity contribution >= 4 is 11.9 Å². The third-order valence-electron chi connectivity index (χ3n) is 2.60. The van der Waals surface area contributed by atoms with Crippen molar-refractivity contribution in [3.63, 3.8) is 0 Å². The molecule has 1 aromatic carbocycles. The van der Waals surface area contributed by atoms with Crippen molar-refractivity contribution in [2.45, 2.75) is 19.0 Å². The SMILES string of the molecule is NC(=NCc1ccccc1)NC1CNC(=O)C1. The second kappa shape index (κ2) is 5.34. The van der Waals surface area contributed by atoms with Gasteiger partial charge in [0.1, 0.15) is 0 Å². The van der Waals surface area contributed by atoms with Crippen LogP contribution in [0, 0.1) is 0 Å². The monoisotopic (exact) mass is 232 g/mol. The summed E-state index contributed by atoms with van der Waals surface area (Å²) in [5.41, 5.74) is 6.86. The molecule has 0 spiro atoms. The number of rotatable bonds is 3. The summed E-state index contributed by atoms with van der Waals surface area (Å²) in [6, 6.07) is 9.95. The Labute approximate surface area is 100 Å². The third-order valence-corrected chi connectivity index (χ3v) is 2.60. The number of hydrogen-bond acceptors (Lipinski definition) is 2. The summed E-state index contributed by atoms with van der Waals surface area (Å²) in [7, 11) is 0. The Bertz CT molecular complexity index is 416. The largest absolute Gasteiger partial charge is 0.370 e. The smallest absolute Gasteiger partial charge is 0.222 e. The van der Waals surface area contributed by atoms with Gasteiger partial charge < -0.3 is 16.4 Å². The number of nitrogens with zero attached hydrogens (tertiary/aromatic N) is 1. The van der Waals surface area contributed by atoms with Gasteiger partial charge in [-0.05, 0) is 5.56 Å². The van der Waals surface area contributed by atoms with Crippen molar-refractivity contribution in [1.82, 2.24) is 10.6 Å². The molecule has 1 aromatic rings. The summed E-state index contributed by atoms with van der Waals surface area (Å²) in [5.74, 6) is 0.439. The minimum Gasteiger partial charge on any atom is -0.370 e. The zero-order valence-electron chi connectivity index (χ0n) is 9.52. The summed E-state index contributed by atoms with van der Waals surface area (Å²) in [6.45, 7) is 1.16. The first-order chi connectivity index (χ1) is 8.24. The zero-order valence-corrected chi connectivity index (χ0v) is 9.52. The fourth-order valence-electron chi connectivity index (χ4n) is 1.72. The van der Waals surface area contributed by atoms with Gasteiger partial charge in [0.05, 0.1) is 12.6 Å². The number of benzene rings is 1. The maximum Gasteiger partial charge on any atom is 0.222 e. The second-order valence-electron chi connectivity index (χ2n) is 4.04. The molecule has 5 nitrogen and oxygen atoms in total. The zero-order chi connectivity index (χ0) is 12.1. The number of carbonyl (C=O) groups excluding carboxylic acids is 1. The highest BCUT2D eigenvalue weighted by molar-refractivity contribution is 5.82. The molecule has 90 valence electrons. The molecule has 1 heterocycles. The molecule has 17 heavy (non-hydrogen) atoms. The van der Waals surface area contributed by atoms with E-state index in [1.54, 1.807) is 0 Å². The van der Waals surface area contributed by atoms with E-state index >= 15 is 0 Å². The normalized spacial score (nSPS) is 20.1. The van der Waals surface area contributed by atoms with Crippen LogP contribution in [0.2, 0.25) is 0 Å². The lowest BCUT2D eigenvalue weighted by atomic mass is 10.2. The number of hydrogen-bond donors (Lipinski definition) is 3. The van der Waals surface area contributed by atoms with E-state index in [1.807, 2.05) is 30.3 Å². The van der Waals surface area contributed by atoms with E-state index < -0.39 is 0 Å². The van der Waals surface area contributed by atoms with Crippen LogP contribution in [0.1, 0.15) is 12.0 Å². The molecule has 1 aliphatic rings. The number of carbonyl (C=O) groups is 1. The summed E-state index contributed by atoms with van der Waals surface area (Å²) < 4.78 is 0. The van der Waals surface area contributed by atoms with Crippen molar-refractivity contribution < 1.29 is 4.79 Å². The van der Waals surface area contributed by atoms with Crippen LogP contribution in [0.4, 0.5) is 0 Å². The van der Waals surface area contributed by atoms with E-state index in [4.69, 9.17) is 5.73 Å². The summed E-state index contributed by atoms with van der Waals surface area (Å²) in [6.07, 6.45) is 0.460. The average molecular weight is 232 g/mol. The highest BCUT2D eigenvalue weighted by Crippen LogP contribution is 2.01. The fraction of sp³-hybridized carbons (Fsp3) is 0.333. The van der Waals surface area contributed by atoms with Crippen molar-refractivity contribution in [2.24, 2.45) is 10.7 Å². The lowest BCUT2D eigenvalue weighted by Gasteiger charge is -2.10. The van der Waals surface area contributed by atoms with Gasteiger partial charge in [0.25, 0.3) is 0 Å². The Hall–Kier alpha value is -2.04. The first-order valence-electron chi connectivity index (χ1n) is 5.61. The maximum absolute atomic E-state index is 11.0. The molecule has 2 rings (SSSR count). The van der Waals surface area contributed by atoms with E-state index in [-0.39, 0.29) is 11.9 Å². The predicted octanol–water partition coefficient (Wildman–Crippen LogP) is -0.0206. The van der Waals surface area contributed by atoms with Gasteiger partial charge in [-0.25, -0.2) is 4.99 Å². The van der Waals surface area contributed by atoms with Gasteiger partial charge in [-0.3, -0.25) is 4.79 Å². The number of guanidine groups is 1. The molecule has 1 fully saturated rings. The maximum atomic E-state index is 11.0. The highest BCUT2D eigenvalue weighted by atomic mass is 16.1. The summed E-state index contributed by atoms with van der Waals surface area (Å²) >= 11 is 0. The van der Waals surface area contributed by atoms with Crippen molar-refractivity contribution in [1.29, 1.82) is 0 Å². The first-order valence-corrected chi connectivity index (χ1v) is 5.61. The van der Waals surface area contributed by atoms with Crippen LogP contribution in [0.25, 0.3) is 0 Å². The molecule has 0 saturated carbocycles. The predicted molar refractivity (Wildman–Crippen MR) is 66.3 cm³/mol. The third kappa shape index (κ3) is 3.48. The van der Waals surface area contributed by atoms with Crippen molar-refractivity contribution in [3.05, 3.63) is 35.9 Å². The molecule has 0 radical (unpaired) electrons. The molecule has 1 amide bonds. The van der Waals surface area contributed by atoms with E-state index in [2.05, 4.69) is 15.6 Å². The van der Waals surface area contributed by atoms with E-state index in [1.165, 1.54) is 0 Å². The fourth-order valence-corrected chi connectivity index (χ4v) is 1.72. The van der Waals surface area contributed by atoms with Crippen LogP contribution in [0.5, 0.6) is 0 Å². The van der Waals surface area contributed by atoms with Gasteiger partial charge >= 0.3 is 0 Å². The molecule has 1 atom stereocenters. The van der Waals surface area contributed by atoms with Gasteiger partial charge in [-0.15, -0.1) is 0 Å².